The Kier molecular flexibility index (Phi) is 3.31. The number of rotatable bonds is 4. The summed E-state index contributed by atoms with van der Waals surface area (Å²) < 4.78 is 5.61. The predicted octanol–water partition coefficient (Wildman–Crippen LogP) is 1.77. The highest BCUT2D eigenvalue weighted by Crippen LogP contribution is 2.23. The Morgan fingerprint density at radius 3 is 3.36 bits per heavy atom. The molecule has 0 aliphatic carbocycles. The van der Waals surface area contributed by atoms with Gasteiger partial charge in [0.1, 0.15) is 5.51 Å². The molecule has 0 aromatic carbocycles. The molecular weight excluding hydrogens is 198 g/mol. The SMILES string of the molecule is CCC1OCCC1CNc1nncs1. The third-order valence-electron chi connectivity index (χ3n) is 2.62. The molecule has 2 heterocycles. The van der Waals surface area contributed by atoms with Gasteiger partial charge in [-0.25, -0.2) is 0 Å². The van der Waals surface area contributed by atoms with Gasteiger partial charge >= 0.3 is 0 Å². The minimum absolute atomic E-state index is 0.426. The van der Waals surface area contributed by atoms with Crippen molar-refractivity contribution in [2.75, 3.05) is 18.5 Å². The maximum atomic E-state index is 5.61. The summed E-state index contributed by atoms with van der Waals surface area (Å²) in [6.07, 6.45) is 2.68. The second-order valence-electron chi connectivity index (χ2n) is 3.49. The Hall–Kier alpha value is -0.680. The van der Waals surface area contributed by atoms with Crippen molar-refractivity contribution in [2.45, 2.75) is 25.9 Å². The maximum Gasteiger partial charge on any atom is 0.205 e. The molecule has 0 radical (unpaired) electrons. The fourth-order valence-corrected chi connectivity index (χ4v) is 2.30. The van der Waals surface area contributed by atoms with Crippen LogP contribution in [-0.2, 0) is 4.74 Å². The summed E-state index contributed by atoms with van der Waals surface area (Å²) in [5, 5.41) is 11.9. The van der Waals surface area contributed by atoms with Crippen LogP contribution in [0.2, 0.25) is 0 Å². The number of ether oxygens (including phenoxy) is 1. The van der Waals surface area contributed by atoms with Crippen molar-refractivity contribution in [1.82, 2.24) is 10.2 Å². The number of hydrogen-bond acceptors (Lipinski definition) is 5. The van der Waals surface area contributed by atoms with Crippen LogP contribution in [0.25, 0.3) is 0 Å². The largest absolute Gasteiger partial charge is 0.378 e. The van der Waals surface area contributed by atoms with Gasteiger partial charge in [0.05, 0.1) is 6.10 Å². The van der Waals surface area contributed by atoms with Crippen LogP contribution in [0, 0.1) is 5.92 Å². The quantitative estimate of drug-likeness (QED) is 0.828. The first kappa shape index (κ1) is 9.86. The van der Waals surface area contributed by atoms with Crippen LogP contribution in [0.1, 0.15) is 19.8 Å². The van der Waals surface area contributed by atoms with Crippen molar-refractivity contribution in [3.8, 4) is 0 Å². The third-order valence-corrected chi connectivity index (χ3v) is 3.27. The van der Waals surface area contributed by atoms with Crippen molar-refractivity contribution in [3.63, 3.8) is 0 Å². The lowest BCUT2D eigenvalue weighted by Crippen LogP contribution is -2.22. The lowest BCUT2D eigenvalue weighted by atomic mass is 10.00. The smallest absolute Gasteiger partial charge is 0.205 e. The van der Waals surface area contributed by atoms with Crippen molar-refractivity contribution in [1.29, 1.82) is 0 Å². The molecule has 78 valence electrons. The Bertz CT molecular complexity index is 265. The summed E-state index contributed by atoms with van der Waals surface area (Å²) in [5.74, 6) is 0.629. The molecule has 0 saturated carbocycles. The van der Waals surface area contributed by atoms with E-state index in [9.17, 15) is 0 Å². The molecule has 1 fully saturated rings. The molecule has 2 rings (SSSR count). The van der Waals surface area contributed by atoms with E-state index >= 15 is 0 Å². The van der Waals surface area contributed by atoms with Crippen LogP contribution in [0.3, 0.4) is 0 Å². The van der Waals surface area contributed by atoms with Gasteiger partial charge in [0.2, 0.25) is 5.13 Å². The summed E-state index contributed by atoms with van der Waals surface area (Å²) in [4.78, 5) is 0. The van der Waals surface area contributed by atoms with E-state index in [2.05, 4.69) is 22.4 Å². The summed E-state index contributed by atoms with van der Waals surface area (Å²) in [5.41, 5.74) is 1.74. The molecule has 14 heavy (non-hydrogen) atoms. The first-order valence-corrected chi connectivity index (χ1v) is 5.89. The Morgan fingerprint density at radius 2 is 2.64 bits per heavy atom. The van der Waals surface area contributed by atoms with Crippen molar-refractivity contribution >= 4 is 16.5 Å². The molecule has 1 N–H and O–H groups in total. The molecule has 1 aromatic heterocycles. The number of hydrogen-bond donors (Lipinski definition) is 1. The van der Waals surface area contributed by atoms with E-state index in [-0.39, 0.29) is 0 Å². The normalized spacial score (nSPS) is 26.6. The zero-order chi connectivity index (χ0) is 9.80. The summed E-state index contributed by atoms with van der Waals surface area (Å²) in [6, 6.07) is 0. The number of nitrogens with zero attached hydrogens (tertiary/aromatic N) is 2. The minimum atomic E-state index is 0.426. The average molecular weight is 213 g/mol. The van der Waals surface area contributed by atoms with Gasteiger partial charge in [0, 0.05) is 19.1 Å². The van der Waals surface area contributed by atoms with Gasteiger partial charge in [-0.2, -0.15) is 0 Å². The van der Waals surface area contributed by atoms with Crippen molar-refractivity contribution < 1.29 is 4.74 Å². The molecule has 2 unspecified atom stereocenters. The fourth-order valence-electron chi connectivity index (χ4n) is 1.85. The predicted molar refractivity (Wildman–Crippen MR) is 56.5 cm³/mol. The Balaban J connectivity index is 1.80. The zero-order valence-electron chi connectivity index (χ0n) is 8.27. The van der Waals surface area contributed by atoms with Crippen LogP contribution in [-0.4, -0.2) is 29.5 Å². The fraction of sp³-hybridized carbons (Fsp3) is 0.778. The molecule has 1 aliphatic rings. The van der Waals surface area contributed by atoms with Crippen LogP contribution in [0.5, 0.6) is 0 Å². The first-order chi connectivity index (χ1) is 6.90. The van der Waals surface area contributed by atoms with Gasteiger partial charge in [0.25, 0.3) is 0 Å². The van der Waals surface area contributed by atoms with E-state index in [1.165, 1.54) is 0 Å². The van der Waals surface area contributed by atoms with Gasteiger partial charge in [-0.3, -0.25) is 0 Å². The topological polar surface area (TPSA) is 47.0 Å². The molecule has 1 saturated heterocycles. The van der Waals surface area contributed by atoms with E-state index in [1.54, 1.807) is 16.8 Å². The lowest BCUT2D eigenvalue weighted by molar-refractivity contribution is 0.0900. The molecule has 1 aromatic rings. The van der Waals surface area contributed by atoms with Gasteiger partial charge in [-0.15, -0.1) is 10.2 Å². The second kappa shape index (κ2) is 4.70. The van der Waals surface area contributed by atoms with Gasteiger partial charge in [-0.1, -0.05) is 18.3 Å². The highest BCUT2D eigenvalue weighted by atomic mass is 32.1. The number of anilines is 1. The summed E-state index contributed by atoms with van der Waals surface area (Å²) in [6.45, 7) is 4.03. The maximum absolute atomic E-state index is 5.61. The van der Waals surface area contributed by atoms with E-state index in [0.717, 1.165) is 31.1 Å². The van der Waals surface area contributed by atoms with Crippen LogP contribution >= 0.6 is 11.3 Å². The van der Waals surface area contributed by atoms with Crippen LogP contribution < -0.4 is 5.32 Å². The molecule has 5 heteroatoms. The second-order valence-corrected chi connectivity index (χ2v) is 4.32. The summed E-state index contributed by atoms with van der Waals surface area (Å²) >= 11 is 1.54. The van der Waals surface area contributed by atoms with Crippen LogP contribution in [0.15, 0.2) is 5.51 Å². The number of aromatic nitrogens is 2. The van der Waals surface area contributed by atoms with E-state index in [0.29, 0.717) is 12.0 Å². The molecule has 0 amide bonds. The molecule has 2 atom stereocenters. The third kappa shape index (κ3) is 2.22. The summed E-state index contributed by atoms with van der Waals surface area (Å²) in [7, 11) is 0. The van der Waals surface area contributed by atoms with Gasteiger partial charge in [-0.05, 0) is 12.8 Å². The Labute approximate surface area is 87.7 Å². The average Bonchev–Trinajstić information content (AvgIpc) is 2.85. The Morgan fingerprint density at radius 1 is 1.71 bits per heavy atom. The molecular formula is C9H15N3OS. The molecule has 0 bridgehead atoms. The number of nitrogens with one attached hydrogen (secondary N) is 1. The standard InChI is InChI=1S/C9H15N3OS/c1-2-8-7(3-4-13-8)5-10-9-12-11-6-14-9/h6-8H,2-5H2,1H3,(H,10,12). The zero-order valence-corrected chi connectivity index (χ0v) is 9.09. The lowest BCUT2D eigenvalue weighted by Gasteiger charge is -2.16. The molecule has 1 aliphatic heterocycles. The molecule has 4 nitrogen and oxygen atoms in total. The van der Waals surface area contributed by atoms with Crippen molar-refractivity contribution in [3.05, 3.63) is 5.51 Å². The monoisotopic (exact) mass is 213 g/mol. The first-order valence-electron chi connectivity index (χ1n) is 5.01. The minimum Gasteiger partial charge on any atom is -0.378 e. The van der Waals surface area contributed by atoms with E-state index in [1.807, 2.05) is 0 Å². The van der Waals surface area contributed by atoms with Crippen LogP contribution in [0.4, 0.5) is 5.13 Å². The van der Waals surface area contributed by atoms with Gasteiger partial charge < -0.3 is 10.1 Å². The van der Waals surface area contributed by atoms with Gasteiger partial charge in [0.15, 0.2) is 0 Å². The van der Waals surface area contributed by atoms with E-state index in [4.69, 9.17) is 4.74 Å². The highest BCUT2D eigenvalue weighted by molar-refractivity contribution is 7.13. The molecule has 0 spiro atoms. The van der Waals surface area contributed by atoms with E-state index < -0.39 is 0 Å². The van der Waals surface area contributed by atoms with Crippen molar-refractivity contribution in [2.24, 2.45) is 5.92 Å². The highest BCUT2D eigenvalue weighted by Gasteiger charge is 2.26.